The molecule has 0 saturated heterocycles. The van der Waals surface area contributed by atoms with Gasteiger partial charge in [0.2, 0.25) is 0 Å². The van der Waals surface area contributed by atoms with E-state index in [-0.39, 0.29) is 0 Å². The van der Waals surface area contributed by atoms with Gasteiger partial charge in [-0.3, -0.25) is 4.98 Å². The van der Waals surface area contributed by atoms with E-state index >= 15 is 0 Å². The van der Waals surface area contributed by atoms with Crippen LogP contribution in [0, 0.1) is 6.92 Å². The summed E-state index contributed by atoms with van der Waals surface area (Å²) in [5, 5.41) is 14.2. The lowest BCUT2D eigenvalue weighted by Crippen LogP contribution is -2.21. The van der Waals surface area contributed by atoms with Gasteiger partial charge >= 0.3 is 0 Å². The minimum Gasteiger partial charge on any atom is -0.308 e. The van der Waals surface area contributed by atoms with Crippen molar-refractivity contribution >= 4 is 11.3 Å². The van der Waals surface area contributed by atoms with Crippen molar-refractivity contribution in [3.63, 3.8) is 0 Å². The van der Waals surface area contributed by atoms with Crippen molar-refractivity contribution in [2.45, 2.75) is 39.7 Å². The summed E-state index contributed by atoms with van der Waals surface area (Å²) in [4.78, 5) is 4.21. The molecule has 0 aliphatic rings. The fraction of sp³-hybridized carbons (Fsp3) is 0.500. The molecular weight excluding hydrogens is 256 g/mol. The molecule has 0 amide bonds. The Morgan fingerprint density at radius 1 is 1.32 bits per heavy atom. The number of rotatable bonds is 6. The second-order valence-corrected chi connectivity index (χ2v) is 5.56. The van der Waals surface area contributed by atoms with Crippen molar-refractivity contribution < 1.29 is 0 Å². The molecule has 0 aliphatic carbocycles. The Bertz CT molecular complexity index is 524. The third-order valence-corrected chi connectivity index (χ3v) is 4.02. The van der Waals surface area contributed by atoms with Gasteiger partial charge in [0.05, 0.1) is 6.04 Å². The molecule has 2 aromatic heterocycles. The fourth-order valence-corrected chi connectivity index (χ4v) is 2.89. The molecule has 2 heterocycles. The Balaban J connectivity index is 2.18. The summed E-state index contributed by atoms with van der Waals surface area (Å²) in [6.07, 6.45) is 3.98. The molecule has 0 bridgehead atoms. The molecule has 2 rings (SSSR count). The standard InChI is InChI=1S/C14H20N4S/c1-4-7-16-12(5-2)14-18-17-13(19-14)11-6-8-15-10(3)9-11/h6,8-9,12,16H,4-5,7H2,1-3H3. The normalized spacial score (nSPS) is 12.6. The van der Waals surface area contributed by atoms with Gasteiger partial charge in [0.1, 0.15) is 10.0 Å². The molecule has 1 unspecified atom stereocenters. The summed E-state index contributed by atoms with van der Waals surface area (Å²) in [5.41, 5.74) is 2.10. The summed E-state index contributed by atoms with van der Waals surface area (Å²) in [6.45, 7) is 7.35. The Kier molecular flexibility index (Phi) is 4.99. The number of hydrogen-bond donors (Lipinski definition) is 1. The first-order valence-corrected chi connectivity index (χ1v) is 7.56. The molecule has 19 heavy (non-hydrogen) atoms. The van der Waals surface area contributed by atoms with E-state index in [2.05, 4.69) is 34.3 Å². The fourth-order valence-electron chi connectivity index (χ4n) is 1.90. The van der Waals surface area contributed by atoms with Gasteiger partial charge < -0.3 is 5.32 Å². The molecule has 1 N–H and O–H groups in total. The molecular formula is C14H20N4S. The van der Waals surface area contributed by atoms with Gasteiger partial charge in [0.25, 0.3) is 0 Å². The smallest absolute Gasteiger partial charge is 0.147 e. The van der Waals surface area contributed by atoms with Crippen molar-refractivity contribution in [2.24, 2.45) is 0 Å². The monoisotopic (exact) mass is 276 g/mol. The number of nitrogens with zero attached hydrogens (tertiary/aromatic N) is 3. The Morgan fingerprint density at radius 2 is 2.16 bits per heavy atom. The van der Waals surface area contributed by atoms with E-state index in [1.165, 1.54) is 0 Å². The highest BCUT2D eigenvalue weighted by Gasteiger charge is 2.15. The van der Waals surface area contributed by atoms with Crippen molar-refractivity contribution in [3.05, 3.63) is 29.0 Å². The second kappa shape index (κ2) is 6.73. The zero-order chi connectivity index (χ0) is 13.7. The summed E-state index contributed by atoms with van der Waals surface area (Å²) < 4.78 is 0. The quantitative estimate of drug-likeness (QED) is 0.879. The van der Waals surface area contributed by atoms with E-state index in [9.17, 15) is 0 Å². The van der Waals surface area contributed by atoms with Crippen molar-refractivity contribution in [1.82, 2.24) is 20.5 Å². The van der Waals surface area contributed by atoms with E-state index in [1.807, 2.05) is 25.3 Å². The minimum atomic E-state index is 0.314. The van der Waals surface area contributed by atoms with Crippen LogP contribution in [0.25, 0.3) is 10.6 Å². The summed E-state index contributed by atoms with van der Waals surface area (Å²) in [5.74, 6) is 0. The predicted octanol–water partition coefficient (Wildman–Crippen LogP) is 3.36. The van der Waals surface area contributed by atoms with Gasteiger partial charge in [0, 0.05) is 17.5 Å². The van der Waals surface area contributed by atoms with E-state index in [4.69, 9.17) is 0 Å². The van der Waals surface area contributed by atoms with Gasteiger partial charge in [-0.2, -0.15) is 0 Å². The highest BCUT2D eigenvalue weighted by Crippen LogP contribution is 2.28. The first-order chi connectivity index (χ1) is 9.24. The van der Waals surface area contributed by atoms with Gasteiger partial charge in [0.15, 0.2) is 0 Å². The SMILES string of the molecule is CCCNC(CC)c1nnc(-c2ccnc(C)c2)s1. The molecule has 1 atom stereocenters. The second-order valence-electron chi connectivity index (χ2n) is 4.55. The first-order valence-electron chi connectivity index (χ1n) is 6.74. The Hall–Kier alpha value is -1.33. The van der Waals surface area contributed by atoms with Crippen LogP contribution >= 0.6 is 11.3 Å². The number of nitrogens with one attached hydrogen (secondary N) is 1. The van der Waals surface area contributed by atoms with E-state index in [0.29, 0.717) is 6.04 Å². The van der Waals surface area contributed by atoms with Crippen LogP contribution < -0.4 is 5.32 Å². The molecule has 0 spiro atoms. The molecule has 0 aliphatic heterocycles. The number of aromatic nitrogens is 3. The molecule has 102 valence electrons. The molecule has 0 fully saturated rings. The maximum atomic E-state index is 4.33. The number of hydrogen-bond acceptors (Lipinski definition) is 5. The molecule has 2 aromatic rings. The maximum absolute atomic E-state index is 4.33. The third kappa shape index (κ3) is 3.58. The van der Waals surface area contributed by atoms with Crippen molar-refractivity contribution in [3.8, 4) is 10.6 Å². The Morgan fingerprint density at radius 3 is 2.84 bits per heavy atom. The minimum absolute atomic E-state index is 0.314. The molecule has 0 saturated carbocycles. The maximum Gasteiger partial charge on any atom is 0.147 e. The summed E-state index contributed by atoms with van der Waals surface area (Å²) in [6, 6.07) is 4.34. The summed E-state index contributed by atoms with van der Waals surface area (Å²) in [7, 11) is 0. The Labute approximate surface area is 118 Å². The van der Waals surface area contributed by atoms with Gasteiger partial charge in [-0.15, -0.1) is 10.2 Å². The lowest BCUT2D eigenvalue weighted by atomic mass is 10.2. The van der Waals surface area contributed by atoms with Crippen LogP contribution in [0.2, 0.25) is 0 Å². The lowest BCUT2D eigenvalue weighted by molar-refractivity contribution is 0.513. The van der Waals surface area contributed by atoms with Crippen LogP contribution in [0.15, 0.2) is 18.3 Å². The van der Waals surface area contributed by atoms with E-state index in [1.54, 1.807) is 11.3 Å². The zero-order valence-electron chi connectivity index (χ0n) is 11.7. The third-order valence-electron chi connectivity index (χ3n) is 2.93. The van der Waals surface area contributed by atoms with Crippen LogP contribution in [0.1, 0.15) is 43.4 Å². The molecule has 0 radical (unpaired) electrons. The van der Waals surface area contributed by atoms with Crippen LogP contribution in [0.3, 0.4) is 0 Å². The zero-order valence-corrected chi connectivity index (χ0v) is 12.5. The van der Waals surface area contributed by atoms with Gasteiger partial charge in [-0.1, -0.05) is 25.2 Å². The van der Waals surface area contributed by atoms with Gasteiger partial charge in [-0.25, -0.2) is 0 Å². The average Bonchev–Trinajstić information content (AvgIpc) is 2.89. The van der Waals surface area contributed by atoms with Crippen LogP contribution in [-0.2, 0) is 0 Å². The number of aryl methyl sites for hydroxylation is 1. The predicted molar refractivity (Wildman–Crippen MR) is 79.2 cm³/mol. The van der Waals surface area contributed by atoms with E-state index in [0.717, 1.165) is 40.7 Å². The highest BCUT2D eigenvalue weighted by molar-refractivity contribution is 7.14. The first kappa shape index (κ1) is 14.1. The summed E-state index contributed by atoms with van der Waals surface area (Å²) >= 11 is 1.67. The van der Waals surface area contributed by atoms with Crippen LogP contribution in [0.5, 0.6) is 0 Å². The molecule has 0 aromatic carbocycles. The van der Waals surface area contributed by atoms with E-state index < -0.39 is 0 Å². The highest BCUT2D eigenvalue weighted by atomic mass is 32.1. The van der Waals surface area contributed by atoms with Crippen LogP contribution in [-0.4, -0.2) is 21.7 Å². The molecule has 4 nitrogen and oxygen atoms in total. The average molecular weight is 276 g/mol. The topological polar surface area (TPSA) is 50.7 Å². The van der Waals surface area contributed by atoms with Crippen molar-refractivity contribution in [2.75, 3.05) is 6.54 Å². The largest absolute Gasteiger partial charge is 0.308 e. The lowest BCUT2D eigenvalue weighted by Gasteiger charge is -2.12. The number of pyridine rings is 1. The molecule has 5 heteroatoms. The van der Waals surface area contributed by atoms with Gasteiger partial charge in [-0.05, 0) is 38.4 Å². The van der Waals surface area contributed by atoms with Crippen molar-refractivity contribution in [1.29, 1.82) is 0 Å². The van der Waals surface area contributed by atoms with Crippen LogP contribution in [0.4, 0.5) is 0 Å².